The lowest BCUT2D eigenvalue weighted by molar-refractivity contribution is -0.387. The van der Waals surface area contributed by atoms with Crippen LogP contribution in [0.3, 0.4) is 0 Å². The van der Waals surface area contributed by atoms with Gasteiger partial charge in [0.25, 0.3) is 0 Å². The molecule has 0 N–H and O–H groups in total. The number of rotatable bonds is 2. The van der Waals surface area contributed by atoms with Gasteiger partial charge in [0.05, 0.1) is 4.92 Å². The molecular weight excluding hydrogens is 288 g/mol. The average molecular weight is 289 g/mol. The lowest BCUT2D eigenvalue weighted by Crippen LogP contribution is -2.17. The summed E-state index contributed by atoms with van der Waals surface area (Å²) in [6.07, 6.45) is 0. The van der Waals surface area contributed by atoms with Gasteiger partial charge in [0.2, 0.25) is 16.1 Å². The van der Waals surface area contributed by atoms with Gasteiger partial charge in [0.15, 0.2) is 11.5 Å². The molecule has 92 valence electrons. The molecule has 4 nitrogen and oxygen atoms in total. The first-order valence-corrected chi connectivity index (χ1v) is 4.53. The average Bonchev–Trinajstić information content (AvgIpc) is 2.23. The number of anilines is 1. The third kappa shape index (κ3) is 2.44. The zero-order valence-corrected chi connectivity index (χ0v) is 9.16. The Hall–Kier alpha value is -1.48. The SMILES string of the molecule is O=[N+]([O-])c1c(N(F)C(=S)Cl)cc(F)c(F)c1F. The Morgan fingerprint density at radius 3 is 2.35 bits per heavy atom. The molecule has 0 spiro atoms. The number of halogens is 5. The largest absolute Gasteiger partial charge is 0.334 e. The summed E-state index contributed by atoms with van der Waals surface area (Å²) < 4.78 is 50.7. The molecule has 0 radical (unpaired) electrons. The van der Waals surface area contributed by atoms with Crippen LogP contribution in [0.15, 0.2) is 6.07 Å². The maximum Gasteiger partial charge on any atom is 0.334 e. The van der Waals surface area contributed by atoms with Gasteiger partial charge in [0.1, 0.15) is 0 Å². The van der Waals surface area contributed by atoms with Crippen LogP contribution in [0.4, 0.5) is 29.0 Å². The van der Waals surface area contributed by atoms with Gasteiger partial charge in [-0.1, -0.05) is 4.48 Å². The predicted octanol–water partition coefficient (Wildman–Crippen LogP) is 3.23. The van der Waals surface area contributed by atoms with Gasteiger partial charge in [-0.2, -0.15) is 4.39 Å². The van der Waals surface area contributed by atoms with Crippen molar-refractivity contribution in [2.24, 2.45) is 0 Å². The Bertz CT molecular complexity index is 513. The number of nitro groups is 1. The second-order valence-corrected chi connectivity index (χ2v) is 3.61. The van der Waals surface area contributed by atoms with Gasteiger partial charge >= 0.3 is 5.69 Å². The molecule has 1 aromatic carbocycles. The van der Waals surface area contributed by atoms with Crippen molar-refractivity contribution in [2.75, 3.05) is 5.12 Å². The minimum Gasteiger partial charge on any atom is -0.258 e. The highest BCUT2D eigenvalue weighted by Crippen LogP contribution is 2.34. The van der Waals surface area contributed by atoms with E-state index in [1.807, 2.05) is 0 Å². The van der Waals surface area contributed by atoms with E-state index in [0.29, 0.717) is 0 Å². The van der Waals surface area contributed by atoms with Crippen molar-refractivity contribution < 1.29 is 22.6 Å². The number of nitro benzene ring substituents is 1. The number of nitrogens with zero attached hydrogens (tertiary/aromatic N) is 2. The summed E-state index contributed by atoms with van der Waals surface area (Å²) in [5, 5.41) is 9.72. The molecule has 17 heavy (non-hydrogen) atoms. The smallest absolute Gasteiger partial charge is 0.258 e. The van der Waals surface area contributed by atoms with Crippen LogP contribution in [-0.2, 0) is 0 Å². The minimum atomic E-state index is -2.14. The first kappa shape index (κ1) is 13.6. The van der Waals surface area contributed by atoms with E-state index in [1.54, 1.807) is 0 Å². The quantitative estimate of drug-likeness (QED) is 0.122. The molecule has 0 fully saturated rings. The maximum absolute atomic E-state index is 13.2. The normalized spacial score (nSPS) is 10.2. The van der Waals surface area contributed by atoms with E-state index < -0.39 is 43.3 Å². The molecule has 0 aromatic heterocycles. The molecule has 0 saturated heterocycles. The summed E-state index contributed by atoms with van der Waals surface area (Å²) in [5.41, 5.74) is -2.83. The number of benzene rings is 1. The highest BCUT2D eigenvalue weighted by atomic mass is 35.5. The predicted molar refractivity (Wildman–Crippen MR) is 55.0 cm³/mol. The molecule has 0 aliphatic heterocycles. The second-order valence-electron chi connectivity index (χ2n) is 2.64. The fourth-order valence-corrected chi connectivity index (χ4v) is 1.18. The topological polar surface area (TPSA) is 46.4 Å². The van der Waals surface area contributed by atoms with Gasteiger partial charge in [-0.05, 0) is 23.8 Å². The Kier molecular flexibility index (Phi) is 3.83. The number of hydrogen-bond donors (Lipinski definition) is 0. The molecule has 0 aliphatic carbocycles. The van der Waals surface area contributed by atoms with Crippen LogP contribution in [0.1, 0.15) is 0 Å². The summed E-state index contributed by atoms with van der Waals surface area (Å²) >= 11 is 9.13. The molecule has 0 unspecified atom stereocenters. The lowest BCUT2D eigenvalue weighted by Gasteiger charge is -2.11. The van der Waals surface area contributed by atoms with Crippen LogP contribution in [0.25, 0.3) is 0 Å². The van der Waals surface area contributed by atoms with Crippen LogP contribution in [0.2, 0.25) is 0 Å². The van der Waals surface area contributed by atoms with Crippen molar-refractivity contribution in [1.29, 1.82) is 0 Å². The van der Waals surface area contributed by atoms with E-state index in [-0.39, 0.29) is 6.07 Å². The monoisotopic (exact) mass is 288 g/mol. The number of hydrogen-bond acceptors (Lipinski definition) is 3. The van der Waals surface area contributed by atoms with Crippen molar-refractivity contribution in [3.05, 3.63) is 33.6 Å². The van der Waals surface area contributed by atoms with E-state index in [2.05, 4.69) is 12.2 Å². The molecule has 0 saturated carbocycles. The fourth-order valence-electron chi connectivity index (χ4n) is 0.991. The van der Waals surface area contributed by atoms with Crippen molar-refractivity contribution in [3.63, 3.8) is 0 Å². The summed E-state index contributed by atoms with van der Waals surface area (Å²) in [5.74, 6) is -6.03. The third-order valence-corrected chi connectivity index (χ3v) is 1.97. The molecule has 1 rings (SSSR count). The Balaban J connectivity index is 3.59. The Morgan fingerprint density at radius 1 is 1.41 bits per heavy atom. The Morgan fingerprint density at radius 2 is 1.94 bits per heavy atom. The van der Waals surface area contributed by atoms with Crippen LogP contribution >= 0.6 is 23.8 Å². The van der Waals surface area contributed by atoms with Crippen LogP contribution in [0.5, 0.6) is 0 Å². The molecule has 1 aromatic rings. The van der Waals surface area contributed by atoms with Crippen molar-refractivity contribution in [1.82, 2.24) is 0 Å². The van der Waals surface area contributed by atoms with Crippen molar-refractivity contribution in [2.45, 2.75) is 0 Å². The maximum atomic E-state index is 13.2. The summed E-state index contributed by atoms with van der Waals surface area (Å²) in [6.45, 7) is 0. The molecule has 10 heteroatoms. The minimum absolute atomic E-state index is 0.0746. The summed E-state index contributed by atoms with van der Waals surface area (Å²) in [6, 6.07) is 0.0746. The third-order valence-electron chi connectivity index (χ3n) is 1.66. The van der Waals surface area contributed by atoms with E-state index in [0.717, 1.165) is 0 Å². The Labute approximate surface area is 101 Å². The second kappa shape index (κ2) is 4.80. The van der Waals surface area contributed by atoms with E-state index in [4.69, 9.17) is 11.6 Å². The van der Waals surface area contributed by atoms with E-state index >= 15 is 0 Å². The first-order chi connectivity index (χ1) is 7.77. The molecule has 0 aliphatic rings. The van der Waals surface area contributed by atoms with Crippen LogP contribution in [-0.4, -0.2) is 9.37 Å². The van der Waals surface area contributed by atoms with E-state index in [1.165, 1.54) is 0 Å². The highest BCUT2D eigenvalue weighted by molar-refractivity contribution is 7.83. The van der Waals surface area contributed by atoms with Crippen molar-refractivity contribution in [3.8, 4) is 0 Å². The first-order valence-electron chi connectivity index (χ1n) is 3.74. The van der Waals surface area contributed by atoms with Gasteiger partial charge in [-0.15, -0.1) is 5.12 Å². The van der Waals surface area contributed by atoms with Crippen molar-refractivity contribution >= 4 is 39.6 Å². The standard InChI is InChI=1S/C7HClF4N2O2S/c8-7(17)13(12)3-1-2(9)4(10)5(11)6(3)14(15)16/h1H. The summed E-state index contributed by atoms with van der Waals surface area (Å²) in [7, 11) is 0. The van der Waals surface area contributed by atoms with Gasteiger partial charge in [-0.3, -0.25) is 10.1 Å². The van der Waals surface area contributed by atoms with E-state index in [9.17, 15) is 27.8 Å². The molecule has 0 bridgehead atoms. The van der Waals surface area contributed by atoms with Gasteiger partial charge < -0.3 is 0 Å². The fraction of sp³-hybridized carbons (Fsp3) is 0. The van der Waals surface area contributed by atoms with Crippen LogP contribution in [0, 0.1) is 27.6 Å². The zero-order valence-electron chi connectivity index (χ0n) is 7.59. The highest BCUT2D eigenvalue weighted by Gasteiger charge is 2.32. The van der Waals surface area contributed by atoms with Gasteiger partial charge in [0, 0.05) is 6.07 Å². The lowest BCUT2D eigenvalue weighted by atomic mass is 10.2. The molecular formula is C7HClF4N2O2S. The molecule has 0 amide bonds. The van der Waals surface area contributed by atoms with Gasteiger partial charge in [-0.25, -0.2) is 8.78 Å². The molecule has 0 atom stereocenters. The summed E-state index contributed by atoms with van der Waals surface area (Å²) in [4.78, 5) is 9.01. The van der Waals surface area contributed by atoms with Crippen LogP contribution < -0.4 is 5.12 Å². The number of thiocarbonyl (C=S) groups is 1. The molecule has 0 heterocycles. The zero-order chi connectivity index (χ0) is 13.3.